The van der Waals surface area contributed by atoms with E-state index < -0.39 is 10.0 Å². The predicted octanol–water partition coefficient (Wildman–Crippen LogP) is 1.96. The number of nitrogens with zero attached hydrogens (tertiary/aromatic N) is 1. The molecule has 0 spiro atoms. The minimum absolute atomic E-state index is 0.0117. The van der Waals surface area contributed by atoms with Crippen LogP contribution in [0.25, 0.3) is 0 Å². The highest BCUT2D eigenvalue weighted by Gasteiger charge is 2.27. The highest BCUT2D eigenvalue weighted by atomic mass is 32.2. The van der Waals surface area contributed by atoms with Crippen LogP contribution in [0.3, 0.4) is 0 Å². The standard InChI is InChI=1S/C22H27N3O3S/c1-25-11-9-19(10-12-25)24-29(27,28)21-8-7-17-13-20(14-18(17)15-21)23-22(26)16-5-3-2-4-6-16/h2-8,15,19-20,24H,9-14H2,1H3,(H,23,26). The molecular formula is C22H27N3O3S. The first-order valence-electron chi connectivity index (χ1n) is 10.1. The summed E-state index contributed by atoms with van der Waals surface area (Å²) < 4.78 is 28.5. The van der Waals surface area contributed by atoms with E-state index in [-0.39, 0.29) is 18.0 Å². The Kier molecular flexibility index (Phi) is 5.72. The van der Waals surface area contributed by atoms with Crippen LogP contribution < -0.4 is 10.0 Å². The highest BCUT2D eigenvalue weighted by Crippen LogP contribution is 2.26. The quantitative estimate of drug-likeness (QED) is 0.786. The van der Waals surface area contributed by atoms with Crippen molar-refractivity contribution in [3.8, 4) is 0 Å². The number of piperidine rings is 1. The van der Waals surface area contributed by atoms with Gasteiger partial charge in [-0.2, -0.15) is 0 Å². The Morgan fingerprint density at radius 3 is 2.38 bits per heavy atom. The minimum Gasteiger partial charge on any atom is -0.349 e. The van der Waals surface area contributed by atoms with Crippen molar-refractivity contribution in [1.29, 1.82) is 0 Å². The maximum absolute atomic E-state index is 12.8. The van der Waals surface area contributed by atoms with E-state index in [1.165, 1.54) is 0 Å². The Morgan fingerprint density at radius 2 is 1.66 bits per heavy atom. The van der Waals surface area contributed by atoms with Gasteiger partial charge in [0.1, 0.15) is 0 Å². The lowest BCUT2D eigenvalue weighted by molar-refractivity contribution is 0.0938. The molecule has 1 heterocycles. The molecule has 0 radical (unpaired) electrons. The third kappa shape index (κ3) is 4.69. The number of hydrogen-bond donors (Lipinski definition) is 2. The molecule has 0 aromatic heterocycles. The van der Waals surface area contributed by atoms with Crippen molar-refractivity contribution in [3.63, 3.8) is 0 Å². The topological polar surface area (TPSA) is 78.5 Å². The van der Waals surface area contributed by atoms with Crippen LogP contribution in [0.1, 0.15) is 34.3 Å². The molecule has 2 aromatic carbocycles. The van der Waals surface area contributed by atoms with E-state index in [0.29, 0.717) is 16.9 Å². The van der Waals surface area contributed by atoms with Crippen LogP contribution in [0.4, 0.5) is 0 Å². The van der Waals surface area contributed by atoms with E-state index in [2.05, 4.69) is 22.0 Å². The fourth-order valence-corrected chi connectivity index (χ4v) is 5.49. The Bertz CT molecular complexity index is 984. The Morgan fingerprint density at radius 1 is 0.966 bits per heavy atom. The second-order valence-electron chi connectivity index (χ2n) is 8.07. The van der Waals surface area contributed by atoms with Crippen molar-refractivity contribution >= 4 is 15.9 Å². The van der Waals surface area contributed by atoms with Gasteiger partial charge in [0.15, 0.2) is 0 Å². The fourth-order valence-electron chi connectivity index (χ4n) is 4.14. The lowest BCUT2D eigenvalue weighted by Gasteiger charge is -2.29. The van der Waals surface area contributed by atoms with Gasteiger partial charge < -0.3 is 10.2 Å². The first kappa shape index (κ1) is 20.1. The number of rotatable bonds is 5. The molecule has 1 atom stereocenters. The van der Waals surface area contributed by atoms with Gasteiger partial charge in [0.05, 0.1) is 4.90 Å². The summed E-state index contributed by atoms with van der Waals surface area (Å²) in [5.41, 5.74) is 2.73. The smallest absolute Gasteiger partial charge is 0.251 e. The van der Waals surface area contributed by atoms with Crippen molar-refractivity contribution in [2.45, 2.75) is 42.7 Å². The van der Waals surface area contributed by atoms with Crippen LogP contribution in [0.15, 0.2) is 53.4 Å². The van der Waals surface area contributed by atoms with E-state index in [4.69, 9.17) is 0 Å². The first-order chi connectivity index (χ1) is 13.9. The van der Waals surface area contributed by atoms with E-state index in [1.54, 1.807) is 24.3 Å². The van der Waals surface area contributed by atoms with E-state index in [9.17, 15) is 13.2 Å². The summed E-state index contributed by atoms with van der Waals surface area (Å²) in [6.07, 6.45) is 3.02. The molecule has 1 saturated heterocycles. The molecule has 6 nitrogen and oxygen atoms in total. The van der Waals surface area contributed by atoms with E-state index in [1.807, 2.05) is 24.3 Å². The number of fused-ring (bicyclic) bond motifs is 1. The number of benzene rings is 2. The van der Waals surface area contributed by atoms with Crippen molar-refractivity contribution in [3.05, 3.63) is 65.2 Å². The molecule has 0 bridgehead atoms. The molecule has 2 aromatic rings. The zero-order chi connectivity index (χ0) is 20.4. The summed E-state index contributed by atoms with van der Waals surface area (Å²) in [6, 6.07) is 14.4. The third-order valence-electron chi connectivity index (χ3n) is 5.83. The molecule has 2 aliphatic rings. The molecule has 154 valence electrons. The van der Waals surface area contributed by atoms with Gasteiger partial charge in [-0.05, 0) is 81.2 Å². The normalized spacial score (nSPS) is 20.4. The lowest BCUT2D eigenvalue weighted by atomic mass is 10.1. The van der Waals surface area contributed by atoms with Gasteiger partial charge in [-0.15, -0.1) is 0 Å². The number of carbonyl (C=O) groups excluding carboxylic acids is 1. The van der Waals surface area contributed by atoms with Gasteiger partial charge in [0.2, 0.25) is 10.0 Å². The van der Waals surface area contributed by atoms with Crippen LogP contribution in [-0.2, 0) is 22.9 Å². The maximum Gasteiger partial charge on any atom is 0.251 e. The SMILES string of the molecule is CN1CCC(NS(=O)(=O)c2ccc3c(c2)CC(NC(=O)c2ccccc2)C3)CC1. The predicted molar refractivity (Wildman–Crippen MR) is 112 cm³/mol. The number of carbonyl (C=O) groups is 1. The molecule has 0 saturated carbocycles. The second-order valence-corrected chi connectivity index (χ2v) is 9.79. The summed E-state index contributed by atoms with van der Waals surface area (Å²) >= 11 is 0. The maximum atomic E-state index is 12.8. The van der Waals surface area contributed by atoms with Gasteiger partial charge >= 0.3 is 0 Å². The molecule has 1 aliphatic carbocycles. The number of likely N-dealkylation sites (tertiary alicyclic amines) is 1. The largest absolute Gasteiger partial charge is 0.349 e. The van der Waals surface area contributed by atoms with Crippen molar-refractivity contribution in [1.82, 2.24) is 14.9 Å². The zero-order valence-electron chi connectivity index (χ0n) is 16.6. The number of nitrogens with one attached hydrogen (secondary N) is 2. The Labute approximate surface area is 172 Å². The van der Waals surface area contributed by atoms with Gasteiger partial charge in [-0.1, -0.05) is 24.3 Å². The highest BCUT2D eigenvalue weighted by molar-refractivity contribution is 7.89. The van der Waals surface area contributed by atoms with Crippen molar-refractivity contribution in [2.24, 2.45) is 0 Å². The molecule has 1 amide bonds. The molecular weight excluding hydrogens is 386 g/mol. The molecule has 7 heteroatoms. The Hall–Kier alpha value is -2.22. The van der Waals surface area contributed by atoms with E-state index >= 15 is 0 Å². The average Bonchev–Trinajstić information content (AvgIpc) is 3.11. The molecule has 1 fully saturated rings. The lowest BCUT2D eigenvalue weighted by Crippen LogP contribution is -2.43. The Balaban J connectivity index is 1.41. The second kappa shape index (κ2) is 8.26. The van der Waals surface area contributed by atoms with Crippen LogP contribution >= 0.6 is 0 Å². The molecule has 4 rings (SSSR count). The van der Waals surface area contributed by atoms with Crippen molar-refractivity contribution < 1.29 is 13.2 Å². The summed E-state index contributed by atoms with van der Waals surface area (Å²) in [5, 5.41) is 3.06. The van der Waals surface area contributed by atoms with Crippen LogP contribution in [-0.4, -0.2) is 51.4 Å². The van der Waals surface area contributed by atoms with Crippen LogP contribution in [0, 0.1) is 0 Å². The fraction of sp³-hybridized carbons (Fsp3) is 0.409. The number of hydrogen-bond acceptors (Lipinski definition) is 4. The minimum atomic E-state index is -3.54. The summed E-state index contributed by atoms with van der Waals surface area (Å²) in [5.74, 6) is -0.0971. The zero-order valence-corrected chi connectivity index (χ0v) is 17.4. The molecule has 29 heavy (non-hydrogen) atoms. The summed E-state index contributed by atoms with van der Waals surface area (Å²) in [6.45, 7) is 1.81. The third-order valence-corrected chi connectivity index (χ3v) is 7.35. The van der Waals surface area contributed by atoms with Gasteiger partial charge in [0.25, 0.3) is 5.91 Å². The van der Waals surface area contributed by atoms with Crippen LogP contribution in [0.5, 0.6) is 0 Å². The molecule has 2 N–H and O–H groups in total. The van der Waals surface area contributed by atoms with Gasteiger partial charge in [-0.3, -0.25) is 4.79 Å². The van der Waals surface area contributed by atoms with Gasteiger partial charge in [0, 0.05) is 17.6 Å². The summed E-state index contributed by atoms with van der Waals surface area (Å²) in [7, 11) is -1.48. The van der Waals surface area contributed by atoms with Gasteiger partial charge in [-0.25, -0.2) is 13.1 Å². The number of amides is 1. The summed E-state index contributed by atoms with van der Waals surface area (Å²) in [4.78, 5) is 14.9. The van der Waals surface area contributed by atoms with E-state index in [0.717, 1.165) is 43.5 Å². The first-order valence-corrected chi connectivity index (χ1v) is 11.6. The molecule has 1 unspecified atom stereocenters. The van der Waals surface area contributed by atoms with Crippen molar-refractivity contribution in [2.75, 3.05) is 20.1 Å². The monoisotopic (exact) mass is 413 g/mol. The average molecular weight is 414 g/mol. The van der Waals surface area contributed by atoms with Crippen LogP contribution in [0.2, 0.25) is 0 Å². The number of sulfonamides is 1. The molecule has 1 aliphatic heterocycles.